The normalized spacial score (nSPS) is 43.5. The maximum absolute atomic E-state index is 12.7. The van der Waals surface area contributed by atoms with E-state index in [9.17, 15) is 13.2 Å². The molecule has 1 aliphatic heterocycles. The van der Waals surface area contributed by atoms with Crippen molar-refractivity contribution in [1.82, 2.24) is 4.90 Å². The van der Waals surface area contributed by atoms with Gasteiger partial charge in [0.05, 0.1) is 5.92 Å². The topological polar surface area (TPSA) is 29.3 Å². The van der Waals surface area contributed by atoms with Gasteiger partial charge in [-0.25, -0.2) is 0 Å². The number of nitrogens with zero attached hydrogens (tertiary/aromatic N) is 1. The van der Waals surface area contributed by atoms with Crippen molar-refractivity contribution in [2.24, 2.45) is 23.5 Å². The Bertz CT molecular complexity index is 337. The Labute approximate surface area is 118 Å². The van der Waals surface area contributed by atoms with Crippen molar-refractivity contribution >= 4 is 0 Å². The van der Waals surface area contributed by atoms with Crippen molar-refractivity contribution in [2.75, 3.05) is 13.1 Å². The maximum Gasteiger partial charge on any atom is 0.391 e. The van der Waals surface area contributed by atoms with Gasteiger partial charge in [-0.15, -0.1) is 0 Å². The zero-order valence-corrected chi connectivity index (χ0v) is 11.9. The molecule has 3 atom stereocenters. The number of rotatable bonds is 1. The Morgan fingerprint density at radius 3 is 2.20 bits per heavy atom. The molecular weight excluding hydrogens is 265 g/mol. The standard InChI is InChI=1S/C15H25F3N2/c16-15(17,18)11-4-6-12(7-5-11)20-8-10-2-1-3-14(19)13(10)9-20/h10-14H,1-9,19H2. The summed E-state index contributed by atoms with van der Waals surface area (Å²) >= 11 is 0. The zero-order chi connectivity index (χ0) is 14.3. The molecule has 5 heteroatoms. The fraction of sp³-hybridized carbons (Fsp3) is 1.00. The van der Waals surface area contributed by atoms with E-state index in [1.807, 2.05) is 0 Å². The minimum Gasteiger partial charge on any atom is -0.327 e. The van der Waals surface area contributed by atoms with Crippen molar-refractivity contribution < 1.29 is 13.2 Å². The van der Waals surface area contributed by atoms with E-state index in [1.54, 1.807) is 0 Å². The van der Waals surface area contributed by atoms with Gasteiger partial charge in [0, 0.05) is 25.2 Å². The van der Waals surface area contributed by atoms with Gasteiger partial charge in [-0.3, -0.25) is 4.90 Å². The summed E-state index contributed by atoms with van der Waals surface area (Å²) in [5.74, 6) is 0.217. The first-order valence-electron chi connectivity index (χ1n) is 8.01. The van der Waals surface area contributed by atoms with Crippen molar-refractivity contribution in [1.29, 1.82) is 0 Å². The predicted octanol–water partition coefficient (Wildman–Crippen LogP) is 3.17. The number of fused-ring (bicyclic) bond motifs is 1. The van der Waals surface area contributed by atoms with E-state index in [1.165, 1.54) is 12.8 Å². The highest BCUT2D eigenvalue weighted by Gasteiger charge is 2.45. The van der Waals surface area contributed by atoms with Crippen molar-refractivity contribution in [2.45, 2.75) is 63.2 Å². The molecule has 0 spiro atoms. The third-order valence-corrected chi connectivity index (χ3v) is 5.86. The number of nitrogens with two attached hydrogens (primary N) is 1. The number of likely N-dealkylation sites (tertiary alicyclic amines) is 1. The second-order valence-electron chi connectivity index (χ2n) is 7.02. The quantitative estimate of drug-likeness (QED) is 0.803. The monoisotopic (exact) mass is 290 g/mol. The van der Waals surface area contributed by atoms with Gasteiger partial charge in [-0.1, -0.05) is 6.42 Å². The van der Waals surface area contributed by atoms with Crippen LogP contribution in [-0.2, 0) is 0 Å². The molecule has 0 bridgehead atoms. The molecule has 0 amide bonds. The number of hydrogen-bond acceptors (Lipinski definition) is 2. The fourth-order valence-electron chi connectivity index (χ4n) is 4.62. The molecule has 3 rings (SSSR count). The lowest BCUT2D eigenvalue weighted by atomic mass is 9.78. The van der Waals surface area contributed by atoms with Crippen LogP contribution in [0.1, 0.15) is 44.9 Å². The molecule has 0 aromatic carbocycles. The van der Waals surface area contributed by atoms with Crippen LogP contribution in [0.2, 0.25) is 0 Å². The maximum atomic E-state index is 12.7. The first-order chi connectivity index (χ1) is 9.45. The summed E-state index contributed by atoms with van der Waals surface area (Å²) in [6.45, 7) is 2.09. The van der Waals surface area contributed by atoms with Crippen LogP contribution in [0.3, 0.4) is 0 Å². The van der Waals surface area contributed by atoms with Gasteiger partial charge in [0.25, 0.3) is 0 Å². The molecule has 1 saturated heterocycles. The van der Waals surface area contributed by atoms with E-state index in [-0.39, 0.29) is 0 Å². The van der Waals surface area contributed by atoms with E-state index in [0.717, 1.165) is 19.5 Å². The van der Waals surface area contributed by atoms with Gasteiger partial charge in [-0.2, -0.15) is 13.2 Å². The minimum absolute atomic E-state index is 0.310. The molecule has 0 radical (unpaired) electrons. The summed E-state index contributed by atoms with van der Waals surface area (Å²) in [5.41, 5.74) is 6.22. The third kappa shape index (κ3) is 2.84. The zero-order valence-electron chi connectivity index (χ0n) is 11.9. The van der Waals surface area contributed by atoms with Crippen molar-refractivity contribution in [3.63, 3.8) is 0 Å². The Morgan fingerprint density at radius 2 is 1.60 bits per heavy atom. The Morgan fingerprint density at radius 1 is 0.900 bits per heavy atom. The summed E-state index contributed by atoms with van der Waals surface area (Å²) in [7, 11) is 0. The average molecular weight is 290 g/mol. The van der Waals surface area contributed by atoms with Gasteiger partial charge >= 0.3 is 6.18 Å². The lowest BCUT2D eigenvalue weighted by molar-refractivity contribution is -0.184. The Balaban J connectivity index is 1.55. The smallest absolute Gasteiger partial charge is 0.327 e. The minimum atomic E-state index is -3.99. The second kappa shape index (κ2) is 5.48. The van der Waals surface area contributed by atoms with E-state index >= 15 is 0 Å². The molecule has 2 saturated carbocycles. The SMILES string of the molecule is NC1CCCC2CN(C3CCC(C(F)(F)F)CC3)CC12. The highest BCUT2D eigenvalue weighted by molar-refractivity contribution is 4.96. The van der Waals surface area contributed by atoms with Gasteiger partial charge in [-0.05, 0) is 50.4 Å². The van der Waals surface area contributed by atoms with E-state index in [0.29, 0.717) is 49.6 Å². The van der Waals surface area contributed by atoms with Crippen LogP contribution in [0.4, 0.5) is 13.2 Å². The summed E-state index contributed by atoms with van der Waals surface area (Å²) in [4.78, 5) is 2.45. The summed E-state index contributed by atoms with van der Waals surface area (Å²) in [5, 5.41) is 0. The number of alkyl halides is 3. The van der Waals surface area contributed by atoms with Crippen LogP contribution < -0.4 is 5.73 Å². The first-order valence-corrected chi connectivity index (χ1v) is 8.01. The van der Waals surface area contributed by atoms with Crippen LogP contribution in [0.15, 0.2) is 0 Å². The van der Waals surface area contributed by atoms with Gasteiger partial charge < -0.3 is 5.73 Å². The molecular formula is C15H25F3N2. The van der Waals surface area contributed by atoms with Crippen LogP contribution in [0.25, 0.3) is 0 Å². The van der Waals surface area contributed by atoms with Crippen LogP contribution >= 0.6 is 0 Å². The molecule has 20 heavy (non-hydrogen) atoms. The Hall–Kier alpha value is -0.290. The van der Waals surface area contributed by atoms with E-state index < -0.39 is 12.1 Å². The summed E-state index contributed by atoms with van der Waals surface area (Å²) < 4.78 is 38.1. The first kappa shape index (κ1) is 14.6. The highest BCUT2D eigenvalue weighted by atomic mass is 19.4. The largest absolute Gasteiger partial charge is 0.391 e. The predicted molar refractivity (Wildman–Crippen MR) is 72.2 cm³/mol. The van der Waals surface area contributed by atoms with Gasteiger partial charge in [0.15, 0.2) is 0 Å². The average Bonchev–Trinajstić information content (AvgIpc) is 2.83. The molecule has 0 aromatic rings. The third-order valence-electron chi connectivity index (χ3n) is 5.86. The molecule has 1 heterocycles. The molecule has 2 nitrogen and oxygen atoms in total. The Kier molecular flexibility index (Phi) is 4.01. The van der Waals surface area contributed by atoms with Crippen LogP contribution in [0, 0.1) is 17.8 Å². The lowest BCUT2D eigenvalue weighted by Crippen LogP contribution is -2.41. The summed E-state index contributed by atoms with van der Waals surface area (Å²) in [6.07, 6.45) is 1.64. The molecule has 2 aliphatic carbocycles. The van der Waals surface area contributed by atoms with Gasteiger partial charge in [0.1, 0.15) is 0 Å². The molecule has 2 N–H and O–H groups in total. The molecule has 3 unspecified atom stereocenters. The summed E-state index contributed by atoms with van der Waals surface area (Å²) in [6, 6.07) is 0.677. The van der Waals surface area contributed by atoms with Crippen LogP contribution in [0.5, 0.6) is 0 Å². The van der Waals surface area contributed by atoms with E-state index in [4.69, 9.17) is 5.73 Å². The van der Waals surface area contributed by atoms with Crippen LogP contribution in [-0.4, -0.2) is 36.2 Å². The molecule has 0 aromatic heterocycles. The number of halogens is 3. The van der Waals surface area contributed by atoms with Crippen molar-refractivity contribution in [3.05, 3.63) is 0 Å². The molecule has 3 fully saturated rings. The van der Waals surface area contributed by atoms with E-state index in [2.05, 4.69) is 4.90 Å². The molecule has 3 aliphatic rings. The second-order valence-corrected chi connectivity index (χ2v) is 7.02. The number of hydrogen-bond donors (Lipinski definition) is 1. The van der Waals surface area contributed by atoms with Gasteiger partial charge in [0.2, 0.25) is 0 Å². The fourth-order valence-corrected chi connectivity index (χ4v) is 4.62. The highest BCUT2D eigenvalue weighted by Crippen LogP contribution is 2.42. The lowest BCUT2D eigenvalue weighted by Gasteiger charge is -2.35. The molecule has 116 valence electrons. The van der Waals surface area contributed by atoms with Crippen molar-refractivity contribution in [3.8, 4) is 0 Å².